The van der Waals surface area contributed by atoms with Crippen LogP contribution in [0.5, 0.6) is 0 Å². The molecule has 1 aliphatic heterocycles. The van der Waals surface area contributed by atoms with Crippen molar-refractivity contribution in [1.29, 1.82) is 0 Å². The fourth-order valence-electron chi connectivity index (χ4n) is 3.60. The summed E-state index contributed by atoms with van der Waals surface area (Å²) in [6, 6.07) is 13.9. The SMILES string of the molecule is Cc1ccccc1S(=O)(=O)c1ccc(C2CN(CCC(=O)OC(C)(C)C)CCO2)cc1. The number of carbonyl (C=O) groups is 1. The van der Waals surface area contributed by atoms with Gasteiger partial charge in [-0.05, 0) is 57.0 Å². The Morgan fingerprint density at radius 3 is 2.45 bits per heavy atom. The highest BCUT2D eigenvalue weighted by Gasteiger charge is 2.25. The van der Waals surface area contributed by atoms with Crippen LogP contribution in [0.15, 0.2) is 58.3 Å². The van der Waals surface area contributed by atoms with Gasteiger partial charge in [0.15, 0.2) is 0 Å². The molecular weight excluding hydrogens is 414 g/mol. The highest BCUT2D eigenvalue weighted by Crippen LogP contribution is 2.27. The van der Waals surface area contributed by atoms with Gasteiger partial charge in [-0.2, -0.15) is 0 Å². The molecule has 0 spiro atoms. The molecule has 1 aliphatic rings. The van der Waals surface area contributed by atoms with Crippen molar-refractivity contribution in [2.45, 2.75) is 55.6 Å². The highest BCUT2D eigenvalue weighted by molar-refractivity contribution is 7.91. The summed E-state index contributed by atoms with van der Waals surface area (Å²) in [4.78, 5) is 14.8. The third-order valence-corrected chi connectivity index (χ3v) is 7.08. The van der Waals surface area contributed by atoms with E-state index in [1.807, 2.05) is 39.0 Å². The molecule has 1 atom stereocenters. The normalized spacial score (nSPS) is 18.0. The van der Waals surface area contributed by atoms with Crippen molar-refractivity contribution in [2.75, 3.05) is 26.2 Å². The number of ether oxygens (including phenoxy) is 2. The first-order chi connectivity index (χ1) is 14.6. The summed E-state index contributed by atoms with van der Waals surface area (Å²) in [6.07, 6.45) is 0.167. The number of nitrogens with zero attached hydrogens (tertiary/aromatic N) is 1. The molecule has 3 rings (SSSR count). The van der Waals surface area contributed by atoms with Crippen LogP contribution in [0.1, 0.15) is 44.4 Å². The fraction of sp³-hybridized carbons (Fsp3) is 0.458. The van der Waals surface area contributed by atoms with E-state index in [1.54, 1.807) is 37.3 Å². The average molecular weight is 446 g/mol. The van der Waals surface area contributed by atoms with Crippen LogP contribution >= 0.6 is 0 Å². The van der Waals surface area contributed by atoms with Gasteiger partial charge < -0.3 is 9.47 Å². The van der Waals surface area contributed by atoms with Crippen molar-refractivity contribution in [2.24, 2.45) is 0 Å². The minimum Gasteiger partial charge on any atom is -0.460 e. The van der Waals surface area contributed by atoms with Gasteiger partial charge >= 0.3 is 5.97 Å². The van der Waals surface area contributed by atoms with Gasteiger partial charge in [0.1, 0.15) is 5.60 Å². The highest BCUT2D eigenvalue weighted by atomic mass is 32.2. The molecule has 2 aromatic rings. The third-order valence-electron chi connectivity index (χ3n) is 5.15. The standard InChI is InChI=1S/C24H31NO5S/c1-18-7-5-6-8-22(18)31(27,28)20-11-9-19(10-12-20)21-17-25(15-16-29-21)14-13-23(26)30-24(2,3)4/h5-12,21H,13-17H2,1-4H3. The van der Waals surface area contributed by atoms with Crippen LogP contribution in [0.25, 0.3) is 0 Å². The van der Waals surface area contributed by atoms with Crippen LogP contribution in [0, 0.1) is 6.92 Å². The zero-order chi connectivity index (χ0) is 22.6. The first-order valence-electron chi connectivity index (χ1n) is 10.5. The summed E-state index contributed by atoms with van der Waals surface area (Å²) in [6.45, 7) is 9.93. The molecule has 7 heteroatoms. The summed E-state index contributed by atoms with van der Waals surface area (Å²) in [5.41, 5.74) is 1.17. The van der Waals surface area contributed by atoms with Crippen molar-refractivity contribution >= 4 is 15.8 Å². The minimum atomic E-state index is -3.56. The lowest BCUT2D eigenvalue weighted by molar-refractivity contribution is -0.155. The van der Waals surface area contributed by atoms with Crippen molar-refractivity contribution < 1.29 is 22.7 Å². The summed E-state index contributed by atoms with van der Waals surface area (Å²) in [5, 5.41) is 0. The maximum absolute atomic E-state index is 13.0. The number of hydrogen-bond acceptors (Lipinski definition) is 6. The lowest BCUT2D eigenvalue weighted by Crippen LogP contribution is -2.40. The van der Waals surface area contributed by atoms with Crippen molar-refractivity contribution in [3.8, 4) is 0 Å². The Kier molecular flexibility index (Phi) is 7.19. The Morgan fingerprint density at radius 1 is 1.13 bits per heavy atom. The Balaban J connectivity index is 1.64. The number of esters is 1. The van der Waals surface area contributed by atoms with Crippen LogP contribution in [-0.4, -0.2) is 51.1 Å². The second kappa shape index (κ2) is 9.51. The molecule has 0 saturated carbocycles. The van der Waals surface area contributed by atoms with Crippen LogP contribution in [0.4, 0.5) is 0 Å². The molecule has 1 unspecified atom stereocenters. The molecule has 2 aromatic carbocycles. The number of benzene rings is 2. The number of morpholine rings is 1. The molecule has 0 bridgehead atoms. The van der Waals surface area contributed by atoms with Gasteiger partial charge in [-0.15, -0.1) is 0 Å². The van der Waals surface area contributed by atoms with E-state index in [4.69, 9.17) is 9.47 Å². The second-order valence-electron chi connectivity index (χ2n) is 8.83. The predicted octanol–water partition coefficient (Wildman–Crippen LogP) is 3.93. The molecule has 0 radical (unpaired) electrons. The Labute approximate surface area is 185 Å². The first-order valence-corrected chi connectivity index (χ1v) is 12.0. The van der Waals surface area contributed by atoms with E-state index in [0.29, 0.717) is 31.0 Å². The minimum absolute atomic E-state index is 0.164. The molecule has 0 N–H and O–H groups in total. The zero-order valence-corrected chi connectivity index (χ0v) is 19.4. The lowest BCUT2D eigenvalue weighted by atomic mass is 10.1. The van der Waals surface area contributed by atoms with E-state index in [1.165, 1.54) is 0 Å². The predicted molar refractivity (Wildman–Crippen MR) is 119 cm³/mol. The van der Waals surface area contributed by atoms with Crippen LogP contribution in [-0.2, 0) is 24.1 Å². The fourth-order valence-corrected chi connectivity index (χ4v) is 5.09. The maximum Gasteiger partial charge on any atom is 0.307 e. The Bertz CT molecular complexity index is 1010. The number of sulfone groups is 1. The number of aryl methyl sites for hydroxylation is 1. The van der Waals surface area contributed by atoms with E-state index in [0.717, 1.165) is 17.7 Å². The average Bonchev–Trinajstić information content (AvgIpc) is 2.71. The molecule has 168 valence electrons. The molecular formula is C24H31NO5S. The van der Waals surface area contributed by atoms with E-state index in [-0.39, 0.29) is 17.0 Å². The summed E-state index contributed by atoms with van der Waals surface area (Å²) in [7, 11) is -3.56. The second-order valence-corrected chi connectivity index (χ2v) is 10.8. The van der Waals surface area contributed by atoms with E-state index in [2.05, 4.69) is 4.90 Å². The molecule has 1 fully saturated rings. The van der Waals surface area contributed by atoms with Crippen molar-refractivity contribution in [3.05, 3.63) is 59.7 Å². The third kappa shape index (κ3) is 6.15. The van der Waals surface area contributed by atoms with E-state index < -0.39 is 15.4 Å². The van der Waals surface area contributed by atoms with Crippen LogP contribution < -0.4 is 0 Å². The van der Waals surface area contributed by atoms with Gasteiger partial charge in [-0.1, -0.05) is 30.3 Å². The lowest BCUT2D eigenvalue weighted by Gasteiger charge is -2.33. The van der Waals surface area contributed by atoms with Gasteiger partial charge in [0.05, 0.1) is 28.9 Å². The molecule has 6 nitrogen and oxygen atoms in total. The van der Waals surface area contributed by atoms with Crippen molar-refractivity contribution in [1.82, 2.24) is 4.90 Å². The Morgan fingerprint density at radius 2 is 1.81 bits per heavy atom. The number of hydrogen-bond donors (Lipinski definition) is 0. The number of rotatable bonds is 6. The molecule has 1 heterocycles. The Hall–Kier alpha value is -2.22. The van der Waals surface area contributed by atoms with Gasteiger partial charge in [-0.25, -0.2) is 8.42 Å². The zero-order valence-electron chi connectivity index (χ0n) is 18.6. The maximum atomic E-state index is 13.0. The molecule has 0 aliphatic carbocycles. The largest absolute Gasteiger partial charge is 0.460 e. The summed E-state index contributed by atoms with van der Waals surface area (Å²) < 4.78 is 37.2. The van der Waals surface area contributed by atoms with Crippen LogP contribution in [0.3, 0.4) is 0 Å². The molecule has 1 saturated heterocycles. The number of carbonyl (C=O) groups excluding carboxylic acids is 1. The van der Waals surface area contributed by atoms with E-state index in [9.17, 15) is 13.2 Å². The summed E-state index contributed by atoms with van der Waals surface area (Å²) >= 11 is 0. The molecule has 0 amide bonds. The molecule has 0 aromatic heterocycles. The molecule has 31 heavy (non-hydrogen) atoms. The topological polar surface area (TPSA) is 72.9 Å². The van der Waals surface area contributed by atoms with Crippen molar-refractivity contribution in [3.63, 3.8) is 0 Å². The smallest absolute Gasteiger partial charge is 0.307 e. The first kappa shape index (κ1) is 23.4. The van der Waals surface area contributed by atoms with Gasteiger partial charge in [0.2, 0.25) is 9.84 Å². The van der Waals surface area contributed by atoms with Gasteiger partial charge in [0.25, 0.3) is 0 Å². The van der Waals surface area contributed by atoms with Gasteiger partial charge in [0, 0.05) is 19.6 Å². The quantitative estimate of drug-likeness (QED) is 0.628. The van der Waals surface area contributed by atoms with Gasteiger partial charge in [-0.3, -0.25) is 9.69 Å². The van der Waals surface area contributed by atoms with Crippen LogP contribution in [0.2, 0.25) is 0 Å². The monoisotopic (exact) mass is 445 g/mol. The summed E-state index contributed by atoms with van der Waals surface area (Å²) in [5.74, 6) is -0.207. The van der Waals surface area contributed by atoms with E-state index >= 15 is 0 Å².